The van der Waals surface area contributed by atoms with Gasteiger partial charge in [-0.15, -0.1) is 6.42 Å². The van der Waals surface area contributed by atoms with Crippen molar-refractivity contribution in [1.29, 1.82) is 0 Å². The van der Waals surface area contributed by atoms with Crippen molar-refractivity contribution >= 4 is 50.7 Å². The Bertz CT molecular complexity index is 1120. The summed E-state index contributed by atoms with van der Waals surface area (Å²) in [5, 5.41) is 0.765. The van der Waals surface area contributed by atoms with E-state index in [1.807, 2.05) is 6.07 Å². The molecule has 2 aromatic carbocycles. The van der Waals surface area contributed by atoms with E-state index in [0.717, 1.165) is 4.70 Å². The van der Waals surface area contributed by atoms with Crippen LogP contribution in [0, 0.1) is 12.3 Å². The Morgan fingerprint density at radius 3 is 2.48 bits per heavy atom. The van der Waals surface area contributed by atoms with Gasteiger partial charge in [0.15, 0.2) is 4.80 Å². The Morgan fingerprint density at radius 1 is 1.22 bits per heavy atom. The van der Waals surface area contributed by atoms with Gasteiger partial charge in [-0.3, -0.25) is 4.79 Å². The molecule has 1 heterocycles. The molecule has 0 radical (unpaired) electrons. The molecule has 0 fully saturated rings. The highest BCUT2D eigenvalue weighted by Crippen LogP contribution is 2.32. The van der Waals surface area contributed by atoms with Crippen LogP contribution in [0.25, 0.3) is 10.2 Å². The molecular weight excluding hydrogens is 407 g/mol. The fourth-order valence-electron chi connectivity index (χ4n) is 2.63. The van der Waals surface area contributed by atoms with Crippen LogP contribution in [-0.4, -0.2) is 24.7 Å². The molecule has 0 atom stereocenters. The molecule has 8 heteroatoms. The van der Waals surface area contributed by atoms with Crippen LogP contribution in [0.15, 0.2) is 35.3 Å². The average molecular weight is 421 g/mol. The van der Waals surface area contributed by atoms with E-state index >= 15 is 0 Å². The van der Waals surface area contributed by atoms with Gasteiger partial charge in [-0.25, -0.2) is 0 Å². The Morgan fingerprint density at radius 2 is 1.89 bits per heavy atom. The number of methoxy groups -OCH3 is 2. The van der Waals surface area contributed by atoms with Crippen LogP contribution in [-0.2, 0) is 6.54 Å². The lowest BCUT2D eigenvalue weighted by Gasteiger charge is -2.09. The number of rotatable bonds is 4. The topological polar surface area (TPSA) is 52.8 Å². The second-order valence-electron chi connectivity index (χ2n) is 5.34. The van der Waals surface area contributed by atoms with Gasteiger partial charge in [0.2, 0.25) is 0 Å². The van der Waals surface area contributed by atoms with Gasteiger partial charge < -0.3 is 14.0 Å². The van der Waals surface area contributed by atoms with Crippen molar-refractivity contribution in [2.75, 3.05) is 14.2 Å². The molecule has 0 aliphatic rings. The average Bonchev–Trinajstić information content (AvgIpc) is 3.02. The molecule has 138 valence electrons. The molecule has 0 bridgehead atoms. The monoisotopic (exact) mass is 420 g/mol. The number of halogens is 2. The van der Waals surface area contributed by atoms with E-state index in [-0.39, 0.29) is 12.1 Å². The molecular formula is C19H14Cl2N2O3S. The van der Waals surface area contributed by atoms with Crippen molar-refractivity contribution in [1.82, 2.24) is 4.57 Å². The minimum Gasteiger partial charge on any atom is -0.496 e. The van der Waals surface area contributed by atoms with E-state index in [9.17, 15) is 4.79 Å². The number of carbonyl (C=O) groups excluding carboxylic acids is 1. The SMILES string of the molecule is C#CCn1c(=NC(=O)c2c(OC)cccc2OC)sc2ccc(Cl)c(Cl)c21. The van der Waals surface area contributed by atoms with Gasteiger partial charge in [-0.05, 0) is 24.3 Å². The van der Waals surface area contributed by atoms with Crippen molar-refractivity contribution in [3.05, 3.63) is 50.7 Å². The molecule has 1 amide bonds. The normalized spacial score (nSPS) is 11.4. The lowest BCUT2D eigenvalue weighted by molar-refractivity contribution is 0.0992. The van der Waals surface area contributed by atoms with Crippen LogP contribution >= 0.6 is 34.5 Å². The maximum atomic E-state index is 12.9. The fraction of sp³-hybridized carbons (Fsp3) is 0.158. The van der Waals surface area contributed by atoms with E-state index in [2.05, 4.69) is 10.9 Å². The number of terminal acetylenes is 1. The van der Waals surface area contributed by atoms with Crippen LogP contribution in [0.2, 0.25) is 10.0 Å². The molecule has 0 unspecified atom stereocenters. The molecule has 1 aromatic heterocycles. The number of amides is 1. The summed E-state index contributed by atoms with van der Waals surface area (Å²) in [5.74, 6) is 2.78. The number of benzene rings is 2. The highest BCUT2D eigenvalue weighted by Gasteiger charge is 2.19. The van der Waals surface area contributed by atoms with Gasteiger partial charge in [0.25, 0.3) is 5.91 Å². The standard InChI is InChI=1S/C19H14Cl2N2O3S/c1-4-10-23-17-14(9-8-11(20)16(17)21)27-19(23)22-18(24)15-12(25-2)6-5-7-13(15)26-3/h1,5-9H,10H2,2-3H3. The summed E-state index contributed by atoms with van der Waals surface area (Å²) < 4.78 is 13.1. The maximum Gasteiger partial charge on any atom is 0.287 e. The third kappa shape index (κ3) is 3.54. The van der Waals surface area contributed by atoms with Crippen molar-refractivity contribution in [3.8, 4) is 23.8 Å². The zero-order chi connectivity index (χ0) is 19.6. The number of aromatic nitrogens is 1. The Hall–Kier alpha value is -2.46. The molecule has 0 saturated heterocycles. The summed E-state index contributed by atoms with van der Waals surface area (Å²) in [6.45, 7) is 0.190. The summed E-state index contributed by atoms with van der Waals surface area (Å²) in [6.07, 6.45) is 5.49. The summed E-state index contributed by atoms with van der Waals surface area (Å²) in [6, 6.07) is 8.57. The largest absolute Gasteiger partial charge is 0.496 e. The Labute approximate surface area is 169 Å². The van der Waals surface area contributed by atoms with Crippen LogP contribution in [0.4, 0.5) is 0 Å². The number of ether oxygens (including phenoxy) is 2. The molecule has 0 N–H and O–H groups in total. The molecule has 0 spiro atoms. The van der Waals surface area contributed by atoms with Gasteiger partial charge in [-0.1, -0.05) is 46.5 Å². The third-order valence-corrected chi connectivity index (χ3v) is 5.66. The number of nitrogens with zero attached hydrogens (tertiary/aromatic N) is 2. The minimum absolute atomic E-state index is 0.190. The zero-order valence-corrected chi connectivity index (χ0v) is 16.8. The van der Waals surface area contributed by atoms with E-state index < -0.39 is 5.91 Å². The summed E-state index contributed by atoms with van der Waals surface area (Å²) in [5.41, 5.74) is 0.877. The van der Waals surface area contributed by atoms with Crippen molar-refractivity contribution in [2.24, 2.45) is 4.99 Å². The van der Waals surface area contributed by atoms with Crippen LogP contribution < -0.4 is 14.3 Å². The molecule has 0 aliphatic heterocycles. The highest BCUT2D eigenvalue weighted by molar-refractivity contribution is 7.16. The molecule has 5 nitrogen and oxygen atoms in total. The fourth-order valence-corrected chi connectivity index (χ4v) is 4.14. The quantitative estimate of drug-likeness (QED) is 0.587. The predicted octanol–water partition coefficient (Wildman–Crippen LogP) is 4.40. The van der Waals surface area contributed by atoms with Crippen molar-refractivity contribution in [2.45, 2.75) is 6.54 Å². The van der Waals surface area contributed by atoms with Crippen LogP contribution in [0.5, 0.6) is 11.5 Å². The maximum absolute atomic E-state index is 12.9. The smallest absolute Gasteiger partial charge is 0.287 e. The van der Waals surface area contributed by atoms with E-state index in [0.29, 0.717) is 31.9 Å². The van der Waals surface area contributed by atoms with Crippen LogP contribution in [0.1, 0.15) is 10.4 Å². The Kier molecular flexibility index (Phi) is 5.76. The zero-order valence-electron chi connectivity index (χ0n) is 14.5. The summed E-state index contributed by atoms with van der Waals surface area (Å²) in [4.78, 5) is 17.6. The molecule has 0 aliphatic carbocycles. The first kappa shape index (κ1) is 19.3. The number of carbonyl (C=O) groups is 1. The second kappa shape index (κ2) is 8.05. The third-order valence-electron chi connectivity index (χ3n) is 3.82. The van der Waals surface area contributed by atoms with E-state index in [4.69, 9.17) is 39.1 Å². The lowest BCUT2D eigenvalue weighted by atomic mass is 10.1. The molecule has 3 rings (SSSR count). The number of hydrogen-bond donors (Lipinski definition) is 0. The van der Waals surface area contributed by atoms with Crippen LogP contribution in [0.3, 0.4) is 0 Å². The predicted molar refractivity (Wildman–Crippen MR) is 108 cm³/mol. The van der Waals surface area contributed by atoms with Gasteiger partial charge in [-0.2, -0.15) is 4.99 Å². The first-order valence-corrected chi connectivity index (χ1v) is 9.30. The van der Waals surface area contributed by atoms with Gasteiger partial charge in [0.1, 0.15) is 17.1 Å². The van der Waals surface area contributed by atoms with E-state index in [1.54, 1.807) is 28.8 Å². The second-order valence-corrected chi connectivity index (χ2v) is 7.13. The van der Waals surface area contributed by atoms with Gasteiger partial charge in [0, 0.05) is 0 Å². The summed E-state index contributed by atoms with van der Waals surface area (Å²) in [7, 11) is 2.95. The van der Waals surface area contributed by atoms with E-state index in [1.165, 1.54) is 25.6 Å². The molecule has 3 aromatic rings. The molecule has 0 saturated carbocycles. The highest BCUT2D eigenvalue weighted by atomic mass is 35.5. The number of fused-ring (bicyclic) bond motifs is 1. The minimum atomic E-state index is -0.510. The number of hydrogen-bond acceptors (Lipinski definition) is 4. The van der Waals surface area contributed by atoms with Gasteiger partial charge in [0.05, 0.1) is 41.0 Å². The number of thiazole rings is 1. The first-order chi connectivity index (χ1) is 13.0. The first-order valence-electron chi connectivity index (χ1n) is 7.72. The Balaban J connectivity index is 2.26. The molecule has 27 heavy (non-hydrogen) atoms. The van der Waals surface area contributed by atoms with Gasteiger partial charge >= 0.3 is 0 Å². The lowest BCUT2D eigenvalue weighted by Crippen LogP contribution is -2.17. The summed E-state index contributed by atoms with van der Waals surface area (Å²) >= 11 is 13.8. The van der Waals surface area contributed by atoms with Crippen molar-refractivity contribution < 1.29 is 14.3 Å². The van der Waals surface area contributed by atoms with Crippen molar-refractivity contribution in [3.63, 3.8) is 0 Å².